The van der Waals surface area contributed by atoms with Crippen molar-refractivity contribution in [1.29, 1.82) is 0 Å². The molecular weight excluding hydrogens is 328 g/mol. The number of aromatic nitrogens is 1. The van der Waals surface area contributed by atoms with Crippen molar-refractivity contribution >= 4 is 23.1 Å². The number of amides is 2. The van der Waals surface area contributed by atoms with E-state index >= 15 is 0 Å². The van der Waals surface area contributed by atoms with Crippen LogP contribution < -0.4 is 5.32 Å². The van der Waals surface area contributed by atoms with E-state index in [2.05, 4.69) is 10.3 Å². The van der Waals surface area contributed by atoms with Gasteiger partial charge in [-0.2, -0.15) is 0 Å². The minimum absolute atomic E-state index is 0.0127. The van der Waals surface area contributed by atoms with Gasteiger partial charge in [-0.25, -0.2) is 9.78 Å². The van der Waals surface area contributed by atoms with E-state index in [1.807, 2.05) is 6.92 Å². The Balaban J connectivity index is 1.97. The largest absolute Gasteiger partial charge is 0.331 e. The summed E-state index contributed by atoms with van der Waals surface area (Å²) in [4.78, 5) is 29.6. The van der Waals surface area contributed by atoms with E-state index in [1.165, 1.54) is 12.1 Å². The fraction of sp³-hybridized carbons (Fsp3) is 0.375. The minimum atomic E-state index is -0.445. The Morgan fingerprint density at radius 2 is 2.25 bits per heavy atom. The van der Waals surface area contributed by atoms with Crippen molar-refractivity contribution in [3.63, 3.8) is 0 Å². The molecule has 0 fully saturated rings. The maximum absolute atomic E-state index is 12.3. The lowest BCUT2D eigenvalue weighted by atomic mass is 10.1. The third-order valence-corrected chi connectivity index (χ3v) is 4.69. The number of urea groups is 1. The van der Waals surface area contributed by atoms with E-state index in [9.17, 15) is 14.9 Å². The molecular formula is C16H20N4O3S. The summed E-state index contributed by atoms with van der Waals surface area (Å²) in [5, 5.41) is 14.7. The van der Waals surface area contributed by atoms with Gasteiger partial charge in [0.1, 0.15) is 0 Å². The Labute approximate surface area is 144 Å². The highest BCUT2D eigenvalue weighted by Gasteiger charge is 2.16. The molecule has 0 saturated heterocycles. The average Bonchev–Trinajstić information content (AvgIpc) is 3.02. The number of nitro benzene ring substituents is 1. The zero-order chi connectivity index (χ0) is 17.7. The van der Waals surface area contributed by atoms with Crippen molar-refractivity contribution in [1.82, 2.24) is 15.2 Å². The number of non-ortho nitro benzene ring substituents is 1. The first kappa shape index (κ1) is 17.9. The molecule has 7 nitrogen and oxygen atoms in total. The average molecular weight is 348 g/mol. The summed E-state index contributed by atoms with van der Waals surface area (Å²) in [6, 6.07) is 5.71. The molecule has 2 rings (SSSR count). The number of hydrogen-bond acceptors (Lipinski definition) is 5. The third-order valence-electron chi connectivity index (χ3n) is 3.56. The van der Waals surface area contributed by atoms with Crippen LogP contribution in [-0.4, -0.2) is 27.9 Å². The van der Waals surface area contributed by atoms with Crippen LogP contribution in [0.4, 0.5) is 10.5 Å². The van der Waals surface area contributed by atoms with E-state index < -0.39 is 4.92 Å². The molecule has 8 heteroatoms. The molecule has 0 aliphatic rings. The smallest absolute Gasteiger partial charge is 0.317 e. The van der Waals surface area contributed by atoms with Gasteiger partial charge >= 0.3 is 6.03 Å². The maximum atomic E-state index is 12.3. The molecule has 1 atom stereocenters. The predicted octanol–water partition coefficient (Wildman–Crippen LogP) is 3.52. The topological polar surface area (TPSA) is 88.4 Å². The van der Waals surface area contributed by atoms with Crippen LogP contribution in [0.15, 0.2) is 30.5 Å². The summed E-state index contributed by atoms with van der Waals surface area (Å²) >= 11 is 1.59. The minimum Gasteiger partial charge on any atom is -0.331 e. The number of hydrogen-bond donors (Lipinski definition) is 1. The first-order valence-corrected chi connectivity index (χ1v) is 8.42. The molecule has 24 heavy (non-hydrogen) atoms. The van der Waals surface area contributed by atoms with E-state index in [0.29, 0.717) is 12.1 Å². The van der Waals surface area contributed by atoms with Crippen molar-refractivity contribution in [2.75, 3.05) is 7.05 Å². The summed E-state index contributed by atoms with van der Waals surface area (Å²) in [6.07, 6.45) is 2.67. The lowest BCUT2D eigenvalue weighted by molar-refractivity contribution is -0.384. The van der Waals surface area contributed by atoms with Gasteiger partial charge in [0.25, 0.3) is 5.69 Å². The molecule has 0 radical (unpaired) electrons. The Morgan fingerprint density at radius 1 is 1.50 bits per heavy atom. The highest BCUT2D eigenvalue weighted by molar-refractivity contribution is 7.11. The van der Waals surface area contributed by atoms with Gasteiger partial charge in [-0.3, -0.25) is 10.1 Å². The Bertz CT molecular complexity index is 732. The first-order valence-electron chi connectivity index (χ1n) is 7.60. The molecule has 2 aromatic rings. The van der Waals surface area contributed by atoms with Crippen LogP contribution >= 0.6 is 11.3 Å². The van der Waals surface area contributed by atoms with E-state index in [0.717, 1.165) is 16.3 Å². The van der Waals surface area contributed by atoms with E-state index in [4.69, 9.17) is 0 Å². The summed E-state index contributed by atoms with van der Waals surface area (Å²) in [5.74, 6) is 0. The van der Waals surface area contributed by atoms with Gasteiger partial charge in [0.2, 0.25) is 0 Å². The first-order chi connectivity index (χ1) is 11.4. The van der Waals surface area contributed by atoms with Crippen molar-refractivity contribution in [2.45, 2.75) is 32.9 Å². The van der Waals surface area contributed by atoms with Gasteiger partial charge < -0.3 is 10.2 Å². The fourth-order valence-corrected chi connectivity index (χ4v) is 3.09. The lowest BCUT2D eigenvalue weighted by Gasteiger charge is -2.21. The van der Waals surface area contributed by atoms with E-state index in [-0.39, 0.29) is 17.8 Å². The van der Waals surface area contributed by atoms with Crippen LogP contribution in [0.3, 0.4) is 0 Å². The molecule has 1 aromatic heterocycles. The van der Waals surface area contributed by atoms with Crippen LogP contribution in [-0.2, 0) is 13.0 Å². The Kier molecular flexibility index (Phi) is 5.86. The second kappa shape index (κ2) is 7.87. The number of nitrogens with one attached hydrogen (secondary N) is 1. The number of carbonyl (C=O) groups excluding carboxylic acids is 1. The predicted molar refractivity (Wildman–Crippen MR) is 93.0 cm³/mol. The normalized spacial score (nSPS) is 11.8. The number of nitrogens with zero attached hydrogens (tertiary/aromatic N) is 3. The molecule has 2 amide bonds. The molecule has 1 N–H and O–H groups in total. The number of carbonyl (C=O) groups is 1. The summed E-state index contributed by atoms with van der Waals surface area (Å²) in [7, 11) is 1.71. The molecule has 1 aromatic carbocycles. The van der Waals surface area contributed by atoms with Gasteiger partial charge in [0.15, 0.2) is 0 Å². The van der Waals surface area contributed by atoms with Crippen molar-refractivity contribution in [3.05, 3.63) is 56.0 Å². The van der Waals surface area contributed by atoms with E-state index in [1.54, 1.807) is 48.5 Å². The zero-order valence-electron chi connectivity index (χ0n) is 13.9. The fourth-order valence-electron chi connectivity index (χ4n) is 2.18. The number of thiazole rings is 1. The van der Waals surface area contributed by atoms with Gasteiger partial charge in [-0.15, -0.1) is 11.3 Å². The second-order valence-corrected chi connectivity index (χ2v) is 6.65. The Morgan fingerprint density at radius 3 is 2.88 bits per heavy atom. The summed E-state index contributed by atoms with van der Waals surface area (Å²) in [6.45, 7) is 4.32. The Hall–Kier alpha value is -2.48. The van der Waals surface area contributed by atoms with Crippen LogP contribution in [0.2, 0.25) is 0 Å². The monoisotopic (exact) mass is 348 g/mol. The van der Waals surface area contributed by atoms with Crippen LogP contribution in [0.1, 0.15) is 35.3 Å². The summed E-state index contributed by atoms with van der Waals surface area (Å²) < 4.78 is 0. The molecule has 0 spiro atoms. The van der Waals surface area contributed by atoms with Crippen LogP contribution in [0, 0.1) is 10.1 Å². The van der Waals surface area contributed by atoms with Crippen LogP contribution in [0.25, 0.3) is 0 Å². The SMILES string of the molecule is CCc1ncc(CN(C)C(=O)N[C@@H](C)c2cccc([N+](=O)[O-])c2)s1. The van der Waals surface area contributed by atoms with Gasteiger partial charge in [-0.1, -0.05) is 19.1 Å². The quantitative estimate of drug-likeness (QED) is 0.639. The number of rotatable bonds is 6. The number of benzene rings is 1. The molecule has 0 bridgehead atoms. The van der Waals surface area contributed by atoms with Crippen molar-refractivity contribution < 1.29 is 9.72 Å². The van der Waals surface area contributed by atoms with Gasteiger partial charge in [0.05, 0.1) is 22.5 Å². The lowest BCUT2D eigenvalue weighted by Crippen LogP contribution is -2.38. The molecule has 0 aliphatic carbocycles. The molecule has 128 valence electrons. The number of aryl methyl sites for hydroxylation is 1. The molecule has 0 aliphatic heterocycles. The second-order valence-electron chi connectivity index (χ2n) is 5.45. The molecule has 0 saturated carbocycles. The van der Waals surface area contributed by atoms with Crippen molar-refractivity contribution in [2.24, 2.45) is 0 Å². The highest BCUT2D eigenvalue weighted by atomic mass is 32.1. The molecule has 0 unspecified atom stereocenters. The van der Waals surface area contributed by atoms with Gasteiger partial charge in [0, 0.05) is 30.3 Å². The standard InChI is InChI=1S/C16H20N4O3S/c1-4-15-17-9-14(24-15)10-19(3)16(21)18-11(2)12-6-5-7-13(8-12)20(22)23/h5-9,11H,4,10H2,1-3H3,(H,18,21)/t11-/m0/s1. The van der Waals surface area contributed by atoms with Crippen molar-refractivity contribution in [3.8, 4) is 0 Å². The molecule has 1 heterocycles. The number of nitro groups is 1. The van der Waals surface area contributed by atoms with Gasteiger partial charge in [-0.05, 0) is 18.9 Å². The maximum Gasteiger partial charge on any atom is 0.317 e. The third kappa shape index (κ3) is 4.51. The van der Waals surface area contributed by atoms with Crippen LogP contribution in [0.5, 0.6) is 0 Å². The summed E-state index contributed by atoms with van der Waals surface area (Å²) in [5.41, 5.74) is 0.704. The highest BCUT2D eigenvalue weighted by Crippen LogP contribution is 2.20. The zero-order valence-corrected chi connectivity index (χ0v) is 14.7.